The number of ether oxygens (including phenoxy) is 2. The zero-order chi connectivity index (χ0) is 23.5. The number of halogens is 1. The van der Waals surface area contributed by atoms with Gasteiger partial charge in [-0.2, -0.15) is 15.1 Å². The highest BCUT2D eigenvalue weighted by molar-refractivity contribution is 8.26. The van der Waals surface area contributed by atoms with Crippen molar-refractivity contribution in [1.82, 2.24) is 5.01 Å². The lowest BCUT2D eigenvalue weighted by Crippen LogP contribution is -2.35. The summed E-state index contributed by atoms with van der Waals surface area (Å²) in [5.41, 5.74) is 1.71. The molecule has 0 radical (unpaired) electrons. The second-order valence-corrected chi connectivity index (χ2v) is 9.35. The molecule has 7 nitrogen and oxygen atoms in total. The van der Waals surface area contributed by atoms with Crippen LogP contribution in [0.2, 0.25) is 5.02 Å². The molecule has 2 aliphatic rings. The summed E-state index contributed by atoms with van der Waals surface area (Å²) in [6.07, 6.45) is 2.39. The molecule has 0 unspecified atom stereocenters. The van der Waals surface area contributed by atoms with Crippen LogP contribution in [0.4, 0.5) is 0 Å². The zero-order valence-corrected chi connectivity index (χ0v) is 20.0. The third-order valence-electron chi connectivity index (χ3n) is 4.92. The number of methoxy groups -OCH3 is 1. The van der Waals surface area contributed by atoms with Crippen molar-refractivity contribution in [2.45, 2.75) is 26.9 Å². The lowest BCUT2D eigenvalue weighted by Gasteiger charge is -2.20. The van der Waals surface area contributed by atoms with Gasteiger partial charge in [0.15, 0.2) is 17.3 Å². The molecule has 9 heteroatoms. The van der Waals surface area contributed by atoms with Crippen molar-refractivity contribution in [3.05, 3.63) is 64.2 Å². The fourth-order valence-electron chi connectivity index (χ4n) is 3.29. The molecule has 4 rings (SSSR count). The van der Waals surface area contributed by atoms with Crippen molar-refractivity contribution >= 4 is 51.4 Å². The molecule has 2 heterocycles. The van der Waals surface area contributed by atoms with Crippen LogP contribution in [0.1, 0.15) is 31.4 Å². The smallest absolute Gasteiger partial charge is 0.283 e. The van der Waals surface area contributed by atoms with E-state index in [0.29, 0.717) is 39.8 Å². The van der Waals surface area contributed by atoms with Crippen molar-refractivity contribution in [3.8, 4) is 11.5 Å². The number of thioether (sulfide) groups is 1. The summed E-state index contributed by atoms with van der Waals surface area (Å²) in [6.45, 7) is 4.48. The SMILES string of the molecule is COc1cc(/C=C2/C(=N)N3N=C(CC(C)C)SC3=NC2=O)ccc1OCc1ccccc1Cl. The van der Waals surface area contributed by atoms with Crippen LogP contribution in [0, 0.1) is 11.3 Å². The molecule has 0 fully saturated rings. The van der Waals surface area contributed by atoms with Crippen molar-refractivity contribution in [1.29, 1.82) is 5.41 Å². The first kappa shape index (κ1) is 23.1. The number of fused-ring (bicyclic) bond motifs is 1. The summed E-state index contributed by atoms with van der Waals surface area (Å²) in [5.74, 6) is 1.02. The molecule has 0 saturated carbocycles. The van der Waals surface area contributed by atoms with E-state index in [1.165, 1.54) is 16.8 Å². The molecule has 0 atom stereocenters. The summed E-state index contributed by atoms with van der Waals surface area (Å²) in [5, 5.41) is 16.3. The second-order valence-electron chi connectivity index (χ2n) is 7.90. The van der Waals surface area contributed by atoms with Crippen LogP contribution in [0.15, 0.2) is 58.1 Å². The lowest BCUT2D eigenvalue weighted by molar-refractivity contribution is -0.114. The first-order valence-corrected chi connectivity index (χ1v) is 11.6. The minimum Gasteiger partial charge on any atom is -0.493 e. The highest BCUT2D eigenvalue weighted by Crippen LogP contribution is 2.33. The molecular weight excluding hydrogens is 460 g/mol. The monoisotopic (exact) mass is 482 g/mol. The van der Waals surface area contributed by atoms with E-state index in [9.17, 15) is 4.79 Å². The molecule has 0 saturated heterocycles. The Morgan fingerprint density at radius 1 is 1.21 bits per heavy atom. The number of hydrazone groups is 1. The number of carbonyl (C=O) groups excluding carboxylic acids is 1. The second kappa shape index (κ2) is 9.80. The van der Waals surface area contributed by atoms with E-state index < -0.39 is 5.91 Å². The molecule has 2 aromatic rings. The van der Waals surface area contributed by atoms with Crippen molar-refractivity contribution < 1.29 is 14.3 Å². The molecule has 33 heavy (non-hydrogen) atoms. The van der Waals surface area contributed by atoms with E-state index >= 15 is 0 Å². The number of nitrogens with one attached hydrogen (secondary N) is 1. The molecule has 1 N–H and O–H groups in total. The van der Waals surface area contributed by atoms with E-state index in [1.807, 2.05) is 24.3 Å². The van der Waals surface area contributed by atoms with Gasteiger partial charge >= 0.3 is 0 Å². The first-order chi connectivity index (χ1) is 15.9. The summed E-state index contributed by atoms with van der Waals surface area (Å²) in [7, 11) is 1.55. The Bertz CT molecular complexity index is 1210. The van der Waals surface area contributed by atoms with E-state index in [2.05, 4.69) is 23.9 Å². The fourth-order valence-corrected chi connectivity index (χ4v) is 4.58. The number of hydrogen-bond acceptors (Lipinski definition) is 6. The number of rotatable bonds is 7. The van der Waals surface area contributed by atoms with Crippen LogP contribution >= 0.6 is 23.4 Å². The number of amidine groups is 2. The summed E-state index contributed by atoms with van der Waals surface area (Å²) < 4.78 is 11.4. The third kappa shape index (κ3) is 5.12. The van der Waals surface area contributed by atoms with Crippen LogP contribution < -0.4 is 9.47 Å². The van der Waals surface area contributed by atoms with Gasteiger partial charge in [0.1, 0.15) is 11.7 Å². The number of hydrogen-bond donors (Lipinski definition) is 1. The predicted octanol–water partition coefficient (Wildman–Crippen LogP) is 5.59. The van der Waals surface area contributed by atoms with Gasteiger partial charge in [0.05, 0.1) is 12.7 Å². The zero-order valence-electron chi connectivity index (χ0n) is 18.5. The standard InChI is InChI=1S/C24H23ClN4O3S/c1-14(2)10-21-28-29-22(26)17(23(30)27-24(29)33-21)11-15-8-9-19(20(12-15)31-3)32-13-16-6-4-5-7-18(16)25/h4-9,11-12,14,26H,10,13H2,1-3H3/b17-11-,26-22?. The highest BCUT2D eigenvalue weighted by atomic mass is 35.5. The molecule has 0 spiro atoms. The van der Waals surface area contributed by atoms with Crippen LogP contribution in [0.5, 0.6) is 11.5 Å². The highest BCUT2D eigenvalue weighted by Gasteiger charge is 2.35. The van der Waals surface area contributed by atoms with Gasteiger partial charge in [-0.1, -0.05) is 49.7 Å². The van der Waals surface area contributed by atoms with Gasteiger partial charge in [-0.3, -0.25) is 10.2 Å². The molecule has 0 aliphatic carbocycles. The molecule has 170 valence electrons. The Kier molecular flexibility index (Phi) is 6.85. The molecule has 2 aromatic carbocycles. The van der Waals surface area contributed by atoms with Crippen LogP contribution in [-0.4, -0.2) is 34.1 Å². The predicted molar refractivity (Wildman–Crippen MR) is 133 cm³/mol. The molecular formula is C24H23ClN4O3S. The van der Waals surface area contributed by atoms with Gasteiger partial charge in [0, 0.05) is 17.0 Å². The van der Waals surface area contributed by atoms with Crippen LogP contribution in [0.3, 0.4) is 0 Å². The quantitative estimate of drug-likeness (QED) is 0.519. The number of aliphatic imine (C=N–C) groups is 1. The molecule has 1 amide bonds. The third-order valence-corrected chi connectivity index (χ3v) is 6.22. The Balaban J connectivity index is 1.55. The van der Waals surface area contributed by atoms with E-state index in [4.69, 9.17) is 26.5 Å². The van der Waals surface area contributed by atoms with Gasteiger partial charge in [-0.05, 0) is 47.5 Å². The lowest BCUT2D eigenvalue weighted by atomic mass is 10.1. The Hall–Kier alpha value is -3.10. The molecule has 0 aromatic heterocycles. The van der Waals surface area contributed by atoms with Gasteiger partial charge < -0.3 is 9.47 Å². The van der Waals surface area contributed by atoms with Crippen molar-refractivity contribution in [2.75, 3.05) is 7.11 Å². The Labute approximate surface area is 201 Å². The van der Waals surface area contributed by atoms with Gasteiger partial charge in [0.25, 0.3) is 5.91 Å². The fraction of sp³-hybridized carbons (Fsp3) is 0.250. The van der Waals surface area contributed by atoms with Crippen molar-refractivity contribution in [2.24, 2.45) is 16.0 Å². The minimum absolute atomic E-state index is 0.00858. The number of benzene rings is 2. The number of amides is 1. The van der Waals surface area contributed by atoms with Crippen molar-refractivity contribution in [3.63, 3.8) is 0 Å². The number of nitrogens with zero attached hydrogens (tertiary/aromatic N) is 3. The van der Waals surface area contributed by atoms with Gasteiger partial charge in [-0.15, -0.1) is 0 Å². The van der Waals surface area contributed by atoms with E-state index in [0.717, 1.165) is 17.0 Å². The maximum Gasteiger partial charge on any atom is 0.283 e. The topological polar surface area (TPSA) is 87.3 Å². The summed E-state index contributed by atoms with van der Waals surface area (Å²) in [6, 6.07) is 12.8. The van der Waals surface area contributed by atoms with Crippen LogP contribution in [0.25, 0.3) is 6.08 Å². The average molecular weight is 483 g/mol. The van der Waals surface area contributed by atoms with E-state index in [1.54, 1.807) is 31.4 Å². The summed E-state index contributed by atoms with van der Waals surface area (Å²) in [4.78, 5) is 16.8. The Morgan fingerprint density at radius 2 is 2.00 bits per heavy atom. The minimum atomic E-state index is -0.460. The van der Waals surface area contributed by atoms with Crippen LogP contribution in [-0.2, 0) is 11.4 Å². The van der Waals surface area contributed by atoms with E-state index in [-0.39, 0.29) is 11.4 Å². The number of carbonyl (C=O) groups is 1. The normalized spacial score (nSPS) is 16.8. The first-order valence-electron chi connectivity index (χ1n) is 10.4. The van der Waals surface area contributed by atoms with Gasteiger partial charge in [-0.25, -0.2) is 0 Å². The maximum atomic E-state index is 12.6. The Morgan fingerprint density at radius 3 is 2.73 bits per heavy atom. The average Bonchev–Trinajstić information content (AvgIpc) is 3.18. The molecule has 2 aliphatic heterocycles. The maximum absolute atomic E-state index is 12.6. The largest absolute Gasteiger partial charge is 0.493 e. The van der Waals surface area contributed by atoms with Gasteiger partial charge in [0.2, 0.25) is 5.17 Å². The molecule has 0 bridgehead atoms. The summed E-state index contributed by atoms with van der Waals surface area (Å²) >= 11 is 7.54.